The number of hydrogen-bond donors (Lipinski definition) is 3. The minimum atomic E-state index is -0.0137. The summed E-state index contributed by atoms with van der Waals surface area (Å²) < 4.78 is 0. The Kier molecular flexibility index (Phi) is 4.37. The molecule has 3 amide bonds. The van der Waals surface area contributed by atoms with Gasteiger partial charge in [-0.15, -0.1) is 0 Å². The van der Waals surface area contributed by atoms with Gasteiger partial charge in [0, 0.05) is 23.0 Å². The smallest absolute Gasteiger partial charge is 0.315 e. The predicted octanol–water partition coefficient (Wildman–Crippen LogP) is 2.80. The highest BCUT2D eigenvalue weighted by molar-refractivity contribution is 8.00. The van der Waals surface area contributed by atoms with Gasteiger partial charge < -0.3 is 16.0 Å². The SMILES string of the molecule is O=C(CCCC[C@@H]1SC[C@@H]2NC(=O)N[C@@H]21)NC12CC3CC(CC(C3)C1)C2. The van der Waals surface area contributed by atoms with Crippen molar-refractivity contribution in [3.8, 4) is 0 Å². The maximum Gasteiger partial charge on any atom is 0.315 e. The lowest BCUT2D eigenvalue weighted by Gasteiger charge is -2.56. The molecule has 4 saturated carbocycles. The Labute approximate surface area is 160 Å². The van der Waals surface area contributed by atoms with Crippen molar-refractivity contribution in [2.75, 3.05) is 5.75 Å². The number of carbonyl (C=O) groups is 2. The molecule has 0 radical (unpaired) electrons. The third kappa shape index (κ3) is 3.23. The highest BCUT2D eigenvalue weighted by Gasteiger charge is 2.51. The topological polar surface area (TPSA) is 70.2 Å². The molecule has 144 valence electrons. The minimum absolute atomic E-state index is 0.0137. The van der Waals surface area contributed by atoms with Gasteiger partial charge in [0.25, 0.3) is 0 Å². The van der Waals surface area contributed by atoms with Gasteiger partial charge in [-0.2, -0.15) is 11.8 Å². The summed E-state index contributed by atoms with van der Waals surface area (Å²) in [7, 11) is 0. The zero-order valence-corrected chi connectivity index (χ0v) is 16.3. The second-order valence-corrected chi connectivity index (χ2v) is 10.9. The number of thioether (sulfide) groups is 1. The van der Waals surface area contributed by atoms with Crippen LogP contribution in [-0.4, -0.2) is 40.6 Å². The summed E-state index contributed by atoms with van der Waals surface area (Å²) in [5.41, 5.74) is 0.153. The van der Waals surface area contributed by atoms with E-state index in [-0.39, 0.29) is 23.5 Å². The Morgan fingerprint density at radius 2 is 1.77 bits per heavy atom. The fraction of sp³-hybridized carbons (Fsp3) is 0.900. The van der Waals surface area contributed by atoms with Gasteiger partial charge in [0.15, 0.2) is 0 Å². The fourth-order valence-electron chi connectivity index (χ4n) is 6.90. The van der Waals surface area contributed by atoms with Crippen molar-refractivity contribution in [2.24, 2.45) is 17.8 Å². The van der Waals surface area contributed by atoms with E-state index in [2.05, 4.69) is 16.0 Å². The Bertz CT molecular complexity index is 560. The number of hydrogen-bond acceptors (Lipinski definition) is 3. The molecular weight excluding hydrogens is 346 g/mol. The van der Waals surface area contributed by atoms with E-state index >= 15 is 0 Å². The average Bonchev–Trinajstić information content (AvgIpc) is 3.09. The van der Waals surface area contributed by atoms with Crippen LogP contribution in [0.4, 0.5) is 4.79 Å². The van der Waals surface area contributed by atoms with Crippen molar-refractivity contribution in [3.05, 3.63) is 0 Å². The molecule has 2 saturated heterocycles. The molecule has 4 bridgehead atoms. The van der Waals surface area contributed by atoms with Gasteiger partial charge in [0.1, 0.15) is 0 Å². The Hall–Kier alpha value is -0.910. The maximum absolute atomic E-state index is 12.6. The molecule has 2 heterocycles. The predicted molar refractivity (Wildman–Crippen MR) is 103 cm³/mol. The van der Waals surface area contributed by atoms with E-state index in [0.717, 1.165) is 42.8 Å². The highest BCUT2D eigenvalue weighted by Crippen LogP contribution is 2.55. The largest absolute Gasteiger partial charge is 0.351 e. The number of nitrogens with one attached hydrogen (secondary N) is 3. The van der Waals surface area contributed by atoms with Crippen LogP contribution in [0.5, 0.6) is 0 Å². The van der Waals surface area contributed by atoms with Crippen molar-refractivity contribution in [1.82, 2.24) is 16.0 Å². The average molecular weight is 378 g/mol. The number of carbonyl (C=O) groups excluding carboxylic acids is 2. The monoisotopic (exact) mass is 377 g/mol. The van der Waals surface area contributed by atoms with E-state index in [1.54, 1.807) is 0 Å². The number of urea groups is 1. The van der Waals surface area contributed by atoms with Crippen molar-refractivity contribution in [2.45, 2.75) is 87.1 Å². The zero-order chi connectivity index (χ0) is 17.7. The summed E-state index contributed by atoms with van der Waals surface area (Å²) in [6.45, 7) is 0. The molecule has 4 aliphatic carbocycles. The molecule has 3 N–H and O–H groups in total. The van der Waals surface area contributed by atoms with Gasteiger partial charge in [0.05, 0.1) is 12.1 Å². The van der Waals surface area contributed by atoms with Crippen molar-refractivity contribution < 1.29 is 9.59 Å². The lowest BCUT2D eigenvalue weighted by Crippen LogP contribution is -2.59. The molecule has 6 aliphatic rings. The van der Waals surface area contributed by atoms with Crippen molar-refractivity contribution >= 4 is 23.7 Å². The zero-order valence-electron chi connectivity index (χ0n) is 15.5. The number of rotatable bonds is 6. The van der Waals surface area contributed by atoms with Crippen LogP contribution in [0.2, 0.25) is 0 Å². The number of amides is 3. The fourth-order valence-corrected chi connectivity index (χ4v) is 8.44. The summed E-state index contributed by atoms with van der Waals surface area (Å²) in [4.78, 5) is 24.0. The molecule has 0 aromatic carbocycles. The van der Waals surface area contributed by atoms with Gasteiger partial charge in [0.2, 0.25) is 5.91 Å². The molecule has 2 aliphatic heterocycles. The molecule has 6 fully saturated rings. The van der Waals surface area contributed by atoms with E-state index in [4.69, 9.17) is 0 Å². The number of unbranched alkanes of at least 4 members (excludes halogenated alkanes) is 1. The summed E-state index contributed by atoms with van der Waals surface area (Å²) in [6.07, 6.45) is 11.8. The van der Waals surface area contributed by atoms with Crippen molar-refractivity contribution in [3.63, 3.8) is 0 Å². The Morgan fingerprint density at radius 1 is 1.08 bits per heavy atom. The molecule has 5 nitrogen and oxygen atoms in total. The third-order valence-corrected chi connectivity index (χ3v) is 9.03. The molecule has 0 aromatic heterocycles. The molecule has 6 rings (SSSR count). The van der Waals surface area contributed by atoms with Crippen LogP contribution in [0.25, 0.3) is 0 Å². The van der Waals surface area contributed by atoms with Crippen LogP contribution in [0.3, 0.4) is 0 Å². The molecule has 0 spiro atoms. The molecule has 3 atom stereocenters. The van der Waals surface area contributed by atoms with Crippen molar-refractivity contribution in [1.29, 1.82) is 0 Å². The number of fused-ring (bicyclic) bond motifs is 1. The summed E-state index contributed by atoms with van der Waals surface area (Å²) in [5, 5.41) is 10.0. The summed E-state index contributed by atoms with van der Waals surface area (Å²) >= 11 is 1.96. The van der Waals surface area contributed by atoms with E-state index in [0.29, 0.717) is 17.7 Å². The molecule has 0 aromatic rings. The Morgan fingerprint density at radius 3 is 2.46 bits per heavy atom. The first-order chi connectivity index (χ1) is 12.6. The van der Waals surface area contributed by atoms with Gasteiger partial charge in [-0.25, -0.2) is 4.79 Å². The van der Waals surface area contributed by atoms with Crippen LogP contribution in [0.1, 0.15) is 64.2 Å². The normalized spacial score (nSPS) is 45.3. The second kappa shape index (κ2) is 6.61. The third-order valence-electron chi connectivity index (χ3n) is 7.52. The van der Waals surface area contributed by atoms with E-state index in [1.807, 2.05) is 11.8 Å². The first kappa shape index (κ1) is 17.2. The lowest BCUT2D eigenvalue weighted by molar-refractivity contribution is -0.127. The molecule has 0 unspecified atom stereocenters. The quantitative estimate of drug-likeness (QED) is 0.492. The van der Waals surface area contributed by atoms with Crippen LogP contribution in [0, 0.1) is 17.8 Å². The molecular formula is C20H31N3O2S. The first-order valence-corrected chi connectivity index (χ1v) is 11.6. The van der Waals surface area contributed by atoms with Gasteiger partial charge >= 0.3 is 6.03 Å². The Balaban J connectivity index is 1.05. The van der Waals surface area contributed by atoms with Crippen LogP contribution in [-0.2, 0) is 4.79 Å². The maximum atomic E-state index is 12.6. The summed E-state index contributed by atoms with van der Waals surface area (Å²) in [5.74, 6) is 3.93. The van der Waals surface area contributed by atoms with E-state index < -0.39 is 0 Å². The lowest BCUT2D eigenvalue weighted by atomic mass is 9.53. The van der Waals surface area contributed by atoms with E-state index in [9.17, 15) is 9.59 Å². The highest BCUT2D eigenvalue weighted by atomic mass is 32.2. The van der Waals surface area contributed by atoms with Gasteiger partial charge in [-0.1, -0.05) is 6.42 Å². The second-order valence-electron chi connectivity index (χ2n) is 9.61. The summed E-state index contributed by atoms with van der Waals surface area (Å²) in [6, 6.07) is 0.575. The van der Waals surface area contributed by atoms with Gasteiger partial charge in [-0.05, 0) is 69.1 Å². The van der Waals surface area contributed by atoms with Gasteiger partial charge in [-0.3, -0.25) is 4.79 Å². The van der Waals surface area contributed by atoms with E-state index in [1.165, 1.54) is 38.5 Å². The standard InChI is InChI=1S/C20H31N3O2S/c24-17(23-20-8-12-5-13(9-20)7-14(6-12)10-20)4-2-1-3-16-18-15(11-26-16)21-19(25)22-18/h12-16,18H,1-11H2,(H,23,24)(H2,21,22,25)/t12?,13?,14?,15-,16-,18-,20?/m0/s1. The molecule has 26 heavy (non-hydrogen) atoms. The molecule has 6 heteroatoms. The van der Waals surface area contributed by atoms with Crippen LogP contribution < -0.4 is 16.0 Å². The first-order valence-electron chi connectivity index (χ1n) is 10.6. The van der Waals surface area contributed by atoms with Crippen LogP contribution >= 0.6 is 11.8 Å². The van der Waals surface area contributed by atoms with Crippen LogP contribution in [0.15, 0.2) is 0 Å². The minimum Gasteiger partial charge on any atom is -0.351 e.